The summed E-state index contributed by atoms with van der Waals surface area (Å²) in [6, 6.07) is 19.8. The van der Waals surface area contributed by atoms with Crippen LogP contribution in [0.4, 0.5) is 0 Å². The number of unbranched alkanes of at least 4 members (excludes halogenated alkanes) is 6. The lowest BCUT2D eigenvalue weighted by molar-refractivity contribution is 0.200. The third-order valence-corrected chi connectivity index (χ3v) is 7.41. The van der Waals surface area contributed by atoms with Gasteiger partial charge in [0.05, 0.1) is 0 Å². The number of hydrogen-bond acceptors (Lipinski definition) is 3. The van der Waals surface area contributed by atoms with Crippen LogP contribution in [0, 0.1) is 0 Å². The van der Waals surface area contributed by atoms with Crippen molar-refractivity contribution < 1.29 is 9.31 Å². The van der Waals surface area contributed by atoms with E-state index in [9.17, 15) is 0 Å². The Labute approximate surface area is 197 Å². The molecule has 1 aromatic heterocycles. The van der Waals surface area contributed by atoms with Gasteiger partial charge in [-0.2, -0.15) is 0 Å². The molecule has 0 unspecified atom stereocenters. The van der Waals surface area contributed by atoms with E-state index in [1.165, 1.54) is 74.9 Å². The SMILES string of the molecule is CCCCCCOB(OCCCCCC)c1cc2ccccc2c2c1sc1ccccc12. The summed E-state index contributed by atoms with van der Waals surface area (Å²) in [5.74, 6) is 0. The molecule has 0 saturated heterocycles. The molecule has 0 saturated carbocycles. The molecule has 0 aliphatic carbocycles. The van der Waals surface area contributed by atoms with E-state index in [0.717, 1.165) is 26.1 Å². The Hall–Kier alpha value is -1.88. The van der Waals surface area contributed by atoms with Crippen molar-refractivity contribution >= 4 is 54.9 Å². The van der Waals surface area contributed by atoms with Crippen LogP contribution in [0.1, 0.15) is 65.2 Å². The average molecular weight is 446 g/mol. The fraction of sp³-hybridized carbons (Fsp3) is 0.429. The fourth-order valence-electron chi connectivity index (χ4n) is 4.44. The van der Waals surface area contributed by atoms with Crippen LogP contribution in [0.3, 0.4) is 0 Å². The first-order valence-corrected chi connectivity index (χ1v) is 13.2. The van der Waals surface area contributed by atoms with Gasteiger partial charge in [0.15, 0.2) is 0 Å². The van der Waals surface area contributed by atoms with Gasteiger partial charge in [-0.15, -0.1) is 11.3 Å². The van der Waals surface area contributed by atoms with Gasteiger partial charge < -0.3 is 9.31 Å². The zero-order valence-corrected chi connectivity index (χ0v) is 20.4. The van der Waals surface area contributed by atoms with E-state index in [1.54, 1.807) is 0 Å². The molecule has 0 fully saturated rings. The minimum Gasteiger partial charge on any atom is -0.407 e. The van der Waals surface area contributed by atoms with Gasteiger partial charge in [-0.3, -0.25) is 0 Å². The van der Waals surface area contributed by atoms with Crippen LogP contribution >= 0.6 is 11.3 Å². The Bertz CT molecular complexity index is 1120. The molecule has 0 N–H and O–H groups in total. The summed E-state index contributed by atoms with van der Waals surface area (Å²) in [5.41, 5.74) is 1.19. The molecule has 0 aliphatic rings. The fourth-order valence-corrected chi connectivity index (χ4v) is 5.68. The lowest BCUT2D eigenvalue weighted by atomic mass is 9.76. The molecule has 168 valence electrons. The Morgan fingerprint density at radius 1 is 0.719 bits per heavy atom. The molecule has 1 heterocycles. The molecule has 2 nitrogen and oxygen atoms in total. The van der Waals surface area contributed by atoms with Crippen molar-refractivity contribution in [1.82, 2.24) is 0 Å². The molecule has 32 heavy (non-hydrogen) atoms. The number of rotatable bonds is 13. The van der Waals surface area contributed by atoms with E-state index in [-0.39, 0.29) is 7.12 Å². The Morgan fingerprint density at radius 2 is 1.34 bits per heavy atom. The first kappa shape index (κ1) is 23.3. The molecule has 4 heteroatoms. The summed E-state index contributed by atoms with van der Waals surface area (Å²) in [5, 5.41) is 5.24. The van der Waals surface area contributed by atoms with Crippen LogP contribution in [0.5, 0.6) is 0 Å². The van der Waals surface area contributed by atoms with Crippen molar-refractivity contribution in [1.29, 1.82) is 0 Å². The summed E-state index contributed by atoms with van der Waals surface area (Å²) >= 11 is 1.87. The minimum atomic E-state index is -0.307. The van der Waals surface area contributed by atoms with Gasteiger partial charge in [0.2, 0.25) is 0 Å². The van der Waals surface area contributed by atoms with Crippen molar-refractivity contribution in [2.45, 2.75) is 65.2 Å². The molecule has 3 aromatic carbocycles. The van der Waals surface area contributed by atoms with Crippen molar-refractivity contribution in [3.05, 3.63) is 54.6 Å². The van der Waals surface area contributed by atoms with Crippen LogP contribution < -0.4 is 5.46 Å². The maximum absolute atomic E-state index is 6.42. The zero-order valence-electron chi connectivity index (χ0n) is 19.6. The molecule has 4 aromatic rings. The van der Waals surface area contributed by atoms with Gasteiger partial charge in [0.1, 0.15) is 0 Å². The van der Waals surface area contributed by atoms with Crippen molar-refractivity contribution in [2.75, 3.05) is 13.2 Å². The summed E-state index contributed by atoms with van der Waals surface area (Å²) in [6.45, 7) is 5.99. The topological polar surface area (TPSA) is 18.5 Å². The van der Waals surface area contributed by atoms with Gasteiger partial charge >= 0.3 is 7.12 Å². The predicted octanol–water partition coefficient (Wildman–Crippen LogP) is 8.10. The van der Waals surface area contributed by atoms with Crippen LogP contribution in [-0.4, -0.2) is 20.3 Å². The van der Waals surface area contributed by atoms with Gasteiger partial charge in [0.25, 0.3) is 0 Å². The second-order valence-electron chi connectivity index (χ2n) is 8.68. The van der Waals surface area contributed by atoms with E-state index >= 15 is 0 Å². The summed E-state index contributed by atoms with van der Waals surface area (Å²) in [7, 11) is -0.307. The van der Waals surface area contributed by atoms with E-state index in [0.29, 0.717) is 0 Å². The third-order valence-electron chi connectivity index (χ3n) is 6.19. The number of thiophene rings is 1. The smallest absolute Gasteiger partial charge is 0.407 e. The zero-order chi connectivity index (χ0) is 22.2. The van der Waals surface area contributed by atoms with Crippen molar-refractivity contribution in [2.24, 2.45) is 0 Å². The summed E-state index contributed by atoms with van der Waals surface area (Å²) in [6.07, 6.45) is 9.63. The van der Waals surface area contributed by atoms with Crippen molar-refractivity contribution in [3.8, 4) is 0 Å². The molecule has 0 aliphatic heterocycles. The van der Waals surface area contributed by atoms with E-state index in [1.807, 2.05) is 11.3 Å². The largest absolute Gasteiger partial charge is 0.495 e. The van der Waals surface area contributed by atoms with Gasteiger partial charge in [-0.05, 0) is 29.7 Å². The lowest BCUT2D eigenvalue weighted by Crippen LogP contribution is -2.38. The van der Waals surface area contributed by atoms with E-state index in [2.05, 4.69) is 68.4 Å². The highest BCUT2D eigenvalue weighted by Crippen LogP contribution is 2.37. The van der Waals surface area contributed by atoms with Gasteiger partial charge in [0, 0.05) is 38.8 Å². The highest BCUT2D eigenvalue weighted by atomic mass is 32.1. The molecule has 0 radical (unpaired) electrons. The number of fused-ring (bicyclic) bond motifs is 5. The lowest BCUT2D eigenvalue weighted by Gasteiger charge is -2.17. The molecule has 0 amide bonds. The van der Waals surface area contributed by atoms with Crippen LogP contribution in [0.25, 0.3) is 30.9 Å². The molecular weight excluding hydrogens is 411 g/mol. The molecular formula is C28H35BO2S. The summed E-state index contributed by atoms with van der Waals surface area (Å²) in [4.78, 5) is 0. The molecule has 4 rings (SSSR count). The highest BCUT2D eigenvalue weighted by Gasteiger charge is 2.26. The predicted molar refractivity (Wildman–Crippen MR) is 142 cm³/mol. The second-order valence-corrected chi connectivity index (χ2v) is 9.74. The summed E-state index contributed by atoms with van der Waals surface area (Å²) < 4.78 is 15.5. The first-order valence-electron chi connectivity index (χ1n) is 12.4. The standard InChI is InChI=1S/C28H35BO2S/c1-3-5-7-13-19-30-29(31-20-14-8-6-4-2)25-21-22-15-9-10-16-23(22)27-24-17-11-12-18-26(24)32-28(25)27/h9-12,15-18,21H,3-8,13-14,19-20H2,1-2H3. The van der Waals surface area contributed by atoms with Crippen LogP contribution in [0.2, 0.25) is 0 Å². The Kier molecular flexibility index (Phi) is 8.61. The van der Waals surface area contributed by atoms with Crippen molar-refractivity contribution in [3.63, 3.8) is 0 Å². The Balaban J connectivity index is 1.70. The average Bonchev–Trinajstić information content (AvgIpc) is 3.22. The second kappa shape index (κ2) is 11.8. The van der Waals surface area contributed by atoms with E-state index in [4.69, 9.17) is 9.31 Å². The van der Waals surface area contributed by atoms with Crippen LogP contribution in [0.15, 0.2) is 54.6 Å². The molecule has 0 atom stereocenters. The normalized spacial score (nSPS) is 11.7. The maximum Gasteiger partial charge on any atom is 0.495 e. The minimum absolute atomic E-state index is 0.307. The van der Waals surface area contributed by atoms with Gasteiger partial charge in [-0.1, -0.05) is 101 Å². The van der Waals surface area contributed by atoms with Crippen LogP contribution in [-0.2, 0) is 9.31 Å². The molecule has 0 spiro atoms. The number of benzene rings is 3. The first-order chi connectivity index (χ1) is 15.8. The third kappa shape index (κ3) is 5.36. The van der Waals surface area contributed by atoms with E-state index < -0.39 is 0 Å². The van der Waals surface area contributed by atoms with Gasteiger partial charge in [-0.25, -0.2) is 0 Å². The molecule has 0 bridgehead atoms. The Morgan fingerprint density at radius 3 is 2.03 bits per heavy atom. The quantitative estimate of drug-likeness (QED) is 0.153. The monoisotopic (exact) mass is 446 g/mol. The maximum atomic E-state index is 6.42. The highest BCUT2D eigenvalue weighted by molar-refractivity contribution is 7.27. The number of hydrogen-bond donors (Lipinski definition) is 0.